The molecule has 0 saturated heterocycles. The number of rotatable bonds is 4. The number of H-pyrrole nitrogens is 1. The number of hydrogen-bond acceptors (Lipinski definition) is 1. The predicted octanol–water partition coefficient (Wildman–Crippen LogP) is 4.99. The van der Waals surface area contributed by atoms with Crippen molar-refractivity contribution in [3.63, 3.8) is 0 Å². The number of nitrogens with one attached hydrogen (secondary N) is 1. The van der Waals surface area contributed by atoms with Gasteiger partial charge in [0.15, 0.2) is 11.0 Å². The van der Waals surface area contributed by atoms with Crippen LogP contribution in [0.5, 0.6) is 0 Å². The van der Waals surface area contributed by atoms with Crippen LogP contribution in [0, 0.1) is 0 Å². The van der Waals surface area contributed by atoms with Gasteiger partial charge in [-0.05, 0) is 35.1 Å². The van der Waals surface area contributed by atoms with E-state index < -0.39 is 0 Å². The quantitative estimate of drug-likeness (QED) is 0.519. The minimum atomic E-state index is 0.451. The molecule has 0 fully saturated rings. The fourth-order valence-electron chi connectivity index (χ4n) is 3.13. The van der Waals surface area contributed by atoms with Crippen molar-refractivity contribution >= 4 is 22.9 Å². The molecule has 0 bridgehead atoms. The van der Waals surface area contributed by atoms with Crippen molar-refractivity contribution in [1.29, 1.82) is 0 Å². The second-order valence-corrected chi connectivity index (χ2v) is 6.94. The minimum absolute atomic E-state index is 0.451. The van der Waals surface area contributed by atoms with Gasteiger partial charge < -0.3 is 0 Å². The maximum atomic E-state index is 4.90. The Labute approximate surface area is 144 Å². The van der Waals surface area contributed by atoms with Gasteiger partial charge in [0.2, 0.25) is 0 Å². The van der Waals surface area contributed by atoms with Crippen LogP contribution >= 0.6 is 0 Å². The smallest absolute Gasteiger partial charge is 0.248 e. The number of aliphatic imine (C=N–C) groups is 1. The SMILES string of the molecule is CC(C)c1cccc(C(C)C)c1N=Cc1[nH]c2ccccc2[n+]1C. The van der Waals surface area contributed by atoms with Crippen LogP contribution in [0.15, 0.2) is 47.5 Å². The lowest BCUT2D eigenvalue weighted by molar-refractivity contribution is -0.645. The molecular weight excluding hydrogens is 294 g/mol. The number of para-hydroxylation sites is 3. The summed E-state index contributed by atoms with van der Waals surface area (Å²) >= 11 is 0. The highest BCUT2D eigenvalue weighted by Crippen LogP contribution is 2.34. The molecule has 24 heavy (non-hydrogen) atoms. The molecule has 0 saturated carbocycles. The van der Waals surface area contributed by atoms with Crippen LogP contribution in [-0.2, 0) is 7.05 Å². The van der Waals surface area contributed by atoms with Crippen molar-refractivity contribution in [2.75, 3.05) is 0 Å². The lowest BCUT2D eigenvalue weighted by Crippen LogP contribution is -2.31. The van der Waals surface area contributed by atoms with Crippen LogP contribution in [-0.4, -0.2) is 11.2 Å². The van der Waals surface area contributed by atoms with Crippen LogP contribution in [0.1, 0.15) is 56.5 Å². The molecule has 0 aliphatic rings. The monoisotopic (exact) mass is 320 g/mol. The molecule has 0 atom stereocenters. The van der Waals surface area contributed by atoms with E-state index >= 15 is 0 Å². The van der Waals surface area contributed by atoms with Crippen LogP contribution in [0.4, 0.5) is 5.69 Å². The number of aromatic nitrogens is 2. The number of aromatic amines is 1. The van der Waals surface area contributed by atoms with Crippen molar-refractivity contribution in [3.05, 3.63) is 59.4 Å². The number of fused-ring (bicyclic) bond motifs is 1. The molecule has 0 aliphatic carbocycles. The zero-order chi connectivity index (χ0) is 17.3. The topological polar surface area (TPSA) is 32.0 Å². The summed E-state index contributed by atoms with van der Waals surface area (Å²) in [6.07, 6.45) is 1.95. The molecule has 3 rings (SSSR count). The van der Waals surface area contributed by atoms with Crippen molar-refractivity contribution in [2.24, 2.45) is 12.0 Å². The average Bonchev–Trinajstić information content (AvgIpc) is 2.89. The van der Waals surface area contributed by atoms with E-state index in [0.29, 0.717) is 11.8 Å². The van der Waals surface area contributed by atoms with E-state index in [2.05, 4.69) is 80.7 Å². The summed E-state index contributed by atoms with van der Waals surface area (Å²) in [5.74, 6) is 1.91. The Kier molecular flexibility index (Phi) is 4.52. The van der Waals surface area contributed by atoms with E-state index in [9.17, 15) is 0 Å². The highest BCUT2D eigenvalue weighted by atomic mass is 15.1. The summed E-state index contributed by atoms with van der Waals surface area (Å²) in [5, 5.41) is 0. The molecule has 1 N–H and O–H groups in total. The van der Waals surface area contributed by atoms with E-state index in [1.807, 2.05) is 12.3 Å². The third kappa shape index (κ3) is 2.99. The zero-order valence-electron chi connectivity index (χ0n) is 15.2. The maximum Gasteiger partial charge on any atom is 0.298 e. The van der Waals surface area contributed by atoms with Gasteiger partial charge in [-0.2, -0.15) is 0 Å². The fourth-order valence-corrected chi connectivity index (χ4v) is 3.13. The summed E-state index contributed by atoms with van der Waals surface area (Å²) in [6, 6.07) is 14.8. The minimum Gasteiger partial charge on any atom is -0.248 e. The first-order valence-electron chi connectivity index (χ1n) is 8.62. The molecule has 3 heteroatoms. The molecule has 0 unspecified atom stereocenters. The number of benzene rings is 2. The van der Waals surface area contributed by atoms with Gasteiger partial charge in [0.1, 0.15) is 6.21 Å². The standard InChI is InChI=1S/C21H25N3/c1-14(2)16-9-8-10-17(15(3)4)21(16)22-13-20-23-18-11-6-7-12-19(18)24(20)5/h6-15H,1-5H3/p+1. The van der Waals surface area contributed by atoms with E-state index in [1.54, 1.807) is 0 Å². The highest BCUT2D eigenvalue weighted by Gasteiger charge is 2.15. The van der Waals surface area contributed by atoms with Crippen LogP contribution < -0.4 is 4.57 Å². The summed E-state index contributed by atoms with van der Waals surface area (Å²) in [7, 11) is 2.07. The Morgan fingerprint density at radius 2 is 1.54 bits per heavy atom. The van der Waals surface area contributed by atoms with Crippen molar-refractivity contribution in [3.8, 4) is 0 Å². The summed E-state index contributed by atoms with van der Waals surface area (Å²) in [5.41, 5.74) is 6.02. The van der Waals surface area contributed by atoms with Gasteiger partial charge in [-0.25, -0.2) is 14.5 Å². The predicted molar refractivity (Wildman–Crippen MR) is 101 cm³/mol. The lowest BCUT2D eigenvalue weighted by Gasteiger charge is -2.15. The summed E-state index contributed by atoms with van der Waals surface area (Å²) < 4.78 is 2.14. The van der Waals surface area contributed by atoms with Crippen LogP contribution in [0.2, 0.25) is 0 Å². The van der Waals surface area contributed by atoms with Gasteiger partial charge >= 0.3 is 0 Å². The Morgan fingerprint density at radius 3 is 2.12 bits per heavy atom. The molecule has 2 aromatic carbocycles. The molecular formula is C21H26N3+. The Hall–Kier alpha value is -2.42. The number of hydrogen-bond donors (Lipinski definition) is 1. The Morgan fingerprint density at radius 1 is 0.917 bits per heavy atom. The van der Waals surface area contributed by atoms with Gasteiger partial charge in [-0.1, -0.05) is 58.0 Å². The molecule has 1 heterocycles. The first-order chi connectivity index (χ1) is 11.5. The van der Waals surface area contributed by atoms with E-state index in [4.69, 9.17) is 4.99 Å². The second kappa shape index (κ2) is 6.60. The number of aryl methyl sites for hydroxylation is 1. The van der Waals surface area contributed by atoms with E-state index in [0.717, 1.165) is 17.0 Å². The molecule has 3 aromatic rings. The third-order valence-corrected chi connectivity index (χ3v) is 4.55. The summed E-state index contributed by atoms with van der Waals surface area (Å²) in [4.78, 5) is 8.34. The Balaban J connectivity index is 2.09. The van der Waals surface area contributed by atoms with Crippen molar-refractivity contribution < 1.29 is 4.57 Å². The molecule has 1 aromatic heterocycles. The van der Waals surface area contributed by atoms with Gasteiger partial charge in [-0.15, -0.1) is 0 Å². The normalized spacial score (nSPS) is 12.1. The van der Waals surface area contributed by atoms with Crippen molar-refractivity contribution in [1.82, 2.24) is 4.98 Å². The van der Waals surface area contributed by atoms with Gasteiger partial charge in [0.05, 0.1) is 12.7 Å². The molecule has 0 radical (unpaired) electrons. The average molecular weight is 320 g/mol. The molecule has 0 spiro atoms. The highest BCUT2D eigenvalue weighted by molar-refractivity contribution is 5.82. The molecule has 124 valence electrons. The Bertz CT molecular complexity index is 859. The first-order valence-corrected chi connectivity index (χ1v) is 8.62. The molecule has 3 nitrogen and oxygen atoms in total. The number of nitrogens with zero attached hydrogens (tertiary/aromatic N) is 2. The van der Waals surface area contributed by atoms with Crippen molar-refractivity contribution in [2.45, 2.75) is 39.5 Å². The van der Waals surface area contributed by atoms with Gasteiger partial charge in [0.25, 0.3) is 5.82 Å². The lowest BCUT2D eigenvalue weighted by atomic mass is 9.93. The summed E-state index contributed by atoms with van der Waals surface area (Å²) in [6.45, 7) is 8.89. The molecule has 0 aliphatic heterocycles. The van der Waals surface area contributed by atoms with Gasteiger partial charge in [0, 0.05) is 0 Å². The number of imidazole rings is 1. The van der Waals surface area contributed by atoms with E-state index in [1.165, 1.54) is 16.6 Å². The fraction of sp³-hybridized carbons (Fsp3) is 0.333. The third-order valence-electron chi connectivity index (χ3n) is 4.55. The molecule has 0 amide bonds. The first kappa shape index (κ1) is 16.4. The van der Waals surface area contributed by atoms with Crippen LogP contribution in [0.3, 0.4) is 0 Å². The zero-order valence-corrected chi connectivity index (χ0v) is 15.2. The largest absolute Gasteiger partial charge is 0.298 e. The maximum absolute atomic E-state index is 4.90. The van der Waals surface area contributed by atoms with Gasteiger partial charge in [-0.3, -0.25) is 0 Å². The van der Waals surface area contributed by atoms with Crippen LogP contribution in [0.25, 0.3) is 11.0 Å². The second-order valence-electron chi connectivity index (χ2n) is 6.94. The van der Waals surface area contributed by atoms with E-state index in [-0.39, 0.29) is 0 Å².